The van der Waals surface area contributed by atoms with Gasteiger partial charge >= 0.3 is 5.97 Å². The van der Waals surface area contributed by atoms with E-state index in [9.17, 15) is 18.0 Å². The molecule has 0 radical (unpaired) electrons. The van der Waals surface area contributed by atoms with Crippen molar-refractivity contribution in [3.8, 4) is 5.75 Å². The summed E-state index contributed by atoms with van der Waals surface area (Å²) in [4.78, 5) is 23.1. The fraction of sp³-hybridized carbons (Fsp3) is 0.167. The molecule has 0 aliphatic heterocycles. The zero-order valence-electron chi connectivity index (χ0n) is 15.2. The lowest BCUT2D eigenvalue weighted by atomic mass is 10.1. The molecule has 0 unspecified atom stereocenters. The van der Waals surface area contributed by atoms with E-state index in [4.69, 9.17) is 9.84 Å². The number of likely N-dealkylation sites (N-methyl/N-ethyl adjacent to an activating group) is 1. The van der Waals surface area contributed by atoms with Crippen molar-refractivity contribution in [1.82, 2.24) is 9.73 Å². The number of nitrogens with one attached hydrogen (secondary N) is 1. The van der Waals surface area contributed by atoms with Gasteiger partial charge < -0.3 is 9.84 Å². The molecule has 148 valence electrons. The van der Waals surface area contributed by atoms with Crippen LogP contribution in [0.15, 0.2) is 58.5 Å². The number of rotatable bonds is 8. The van der Waals surface area contributed by atoms with Crippen LogP contribution in [0.2, 0.25) is 0 Å². The van der Waals surface area contributed by atoms with Crippen LogP contribution < -0.4 is 10.2 Å². The van der Waals surface area contributed by atoms with Crippen molar-refractivity contribution >= 4 is 28.1 Å². The van der Waals surface area contributed by atoms with Crippen molar-refractivity contribution in [2.45, 2.75) is 4.90 Å². The predicted molar refractivity (Wildman–Crippen MR) is 102 cm³/mol. The number of carbonyl (C=O) groups excluding carboxylic acids is 1. The van der Waals surface area contributed by atoms with Crippen molar-refractivity contribution in [2.24, 2.45) is 5.10 Å². The van der Waals surface area contributed by atoms with E-state index in [1.54, 1.807) is 12.1 Å². The van der Waals surface area contributed by atoms with Crippen LogP contribution in [0.5, 0.6) is 5.75 Å². The quantitative estimate of drug-likeness (QED) is 0.502. The molecule has 0 spiro atoms. The number of amides is 1. The molecule has 2 rings (SSSR count). The molecule has 0 aromatic heterocycles. The number of carboxylic acids is 1. The Bertz CT molecular complexity index is 987. The van der Waals surface area contributed by atoms with Gasteiger partial charge in [0.05, 0.1) is 30.3 Å². The molecule has 9 nitrogen and oxygen atoms in total. The Hall–Kier alpha value is -3.24. The van der Waals surface area contributed by atoms with Crippen molar-refractivity contribution < 1.29 is 27.9 Å². The van der Waals surface area contributed by atoms with E-state index in [1.807, 2.05) is 0 Å². The van der Waals surface area contributed by atoms with Crippen LogP contribution in [-0.4, -0.2) is 56.6 Å². The molecule has 0 saturated carbocycles. The minimum Gasteiger partial charge on any atom is -0.497 e. The first-order valence-electron chi connectivity index (χ1n) is 8.00. The summed E-state index contributed by atoms with van der Waals surface area (Å²) in [7, 11) is -1.13. The molecule has 0 aliphatic carbocycles. The van der Waals surface area contributed by atoms with Gasteiger partial charge in [0.15, 0.2) is 0 Å². The van der Waals surface area contributed by atoms with Crippen molar-refractivity contribution in [3.63, 3.8) is 0 Å². The standard InChI is InChI=1S/C18H19N3O6S/c1-21(28(25,26)15-9-7-14(27-2)8-10-15)12-17(22)20-19-11-13-5-3-4-6-16(13)18(23)24/h3-11H,12H2,1-2H3,(H,20,22)(H,23,24)/b19-11-. The summed E-state index contributed by atoms with van der Waals surface area (Å²) in [5.41, 5.74) is 2.51. The first kappa shape index (κ1) is 21.1. The lowest BCUT2D eigenvalue weighted by Gasteiger charge is -2.16. The third-order valence-electron chi connectivity index (χ3n) is 3.72. The summed E-state index contributed by atoms with van der Waals surface area (Å²) in [5, 5.41) is 12.8. The zero-order chi connectivity index (χ0) is 20.7. The number of ether oxygens (including phenoxy) is 1. The molecule has 2 aromatic rings. The monoisotopic (exact) mass is 405 g/mol. The lowest BCUT2D eigenvalue weighted by Crippen LogP contribution is -2.36. The summed E-state index contributed by atoms with van der Waals surface area (Å²) >= 11 is 0. The number of carbonyl (C=O) groups is 2. The van der Waals surface area contributed by atoms with Crippen LogP contribution >= 0.6 is 0 Å². The third-order valence-corrected chi connectivity index (χ3v) is 5.54. The molecule has 2 N–H and O–H groups in total. The summed E-state index contributed by atoms with van der Waals surface area (Å²) in [5.74, 6) is -1.29. The van der Waals surface area contributed by atoms with Gasteiger partial charge in [0.1, 0.15) is 5.75 Å². The van der Waals surface area contributed by atoms with Crippen molar-refractivity contribution in [3.05, 3.63) is 59.7 Å². The molecule has 28 heavy (non-hydrogen) atoms. The van der Waals surface area contributed by atoms with Gasteiger partial charge in [0.25, 0.3) is 5.91 Å². The van der Waals surface area contributed by atoms with Crippen LogP contribution in [-0.2, 0) is 14.8 Å². The molecular formula is C18H19N3O6S. The summed E-state index contributed by atoms with van der Waals surface area (Å²) in [6, 6.07) is 11.9. The first-order valence-corrected chi connectivity index (χ1v) is 9.44. The topological polar surface area (TPSA) is 125 Å². The highest BCUT2D eigenvalue weighted by atomic mass is 32.2. The maximum absolute atomic E-state index is 12.5. The number of hydrazone groups is 1. The maximum atomic E-state index is 12.5. The van der Waals surface area contributed by atoms with Crippen LogP contribution in [0.25, 0.3) is 0 Å². The number of hydrogen-bond donors (Lipinski definition) is 2. The predicted octanol–water partition coefficient (Wildman–Crippen LogP) is 1.16. The Morgan fingerprint density at radius 2 is 1.82 bits per heavy atom. The van der Waals surface area contributed by atoms with E-state index in [-0.39, 0.29) is 10.5 Å². The molecule has 0 atom stereocenters. The molecule has 10 heteroatoms. The van der Waals surface area contributed by atoms with Crippen molar-refractivity contribution in [2.75, 3.05) is 20.7 Å². The van der Waals surface area contributed by atoms with Gasteiger partial charge in [-0.3, -0.25) is 4.79 Å². The Morgan fingerprint density at radius 1 is 1.18 bits per heavy atom. The number of aromatic carboxylic acids is 1. The molecule has 0 bridgehead atoms. The minimum absolute atomic E-state index is 0.0162. The Labute approximate surface area is 162 Å². The summed E-state index contributed by atoms with van der Waals surface area (Å²) < 4.78 is 30.8. The Morgan fingerprint density at radius 3 is 2.43 bits per heavy atom. The van der Waals surface area contributed by atoms with Gasteiger partial charge in [-0.2, -0.15) is 9.41 Å². The maximum Gasteiger partial charge on any atom is 0.336 e. The molecule has 0 heterocycles. The fourth-order valence-corrected chi connectivity index (χ4v) is 3.36. The highest BCUT2D eigenvalue weighted by molar-refractivity contribution is 7.89. The van der Waals surface area contributed by atoms with Gasteiger partial charge in [-0.1, -0.05) is 18.2 Å². The van der Waals surface area contributed by atoms with Crippen LogP contribution in [0.3, 0.4) is 0 Å². The fourth-order valence-electron chi connectivity index (χ4n) is 2.23. The van der Waals surface area contributed by atoms with Gasteiger partial charge in [-0.05, 0) is 30.3 Å². The summed E-state index contributed by atoms with van der Waals surface area (Å²) in [6.45, 7) is -0.466. The Balaban J connectivity index is 2.01. The minimum atomic E-state index is -3.87. The highest BCUT2D eigenvalue weighted by Crippen LogP contribution is 2.18. The molecule has 0 fully saturated rings. The number of hydrogen-bond acceptors (Lipinski definition) is 6. The van der Waals surface area contributed by atoms with Crippen LogP contribution in [0, 0.1) is 0 Å². The molecule has 2 aromatic carbocycles. The van der Waals surface area contributed by atoms with Gasteiger partial charge in [-0.15, -0.1) is 0 Å². The normalized spacial score (nSPS) is 11.5. The summed E-state index contributed by atoms with van der Waals surface area (Å²) in [6.07, 6.45) is 1.18. The zero-order valence-corrected chi connectivity index (χ0v) is 16.0. The van der Waals surface area contributed by atoms with Gasteiger partial charge in [0, 0.05) is 12.6 Å². The van der Waals surface area contributed by atoms with E-state index < -0.39 is 28.4 Å². The van der Waals surface area contributed by atoms with E-state index in [2.05, 4.69) is 10.5 Å². The number of sulfonamides is 1. The number of benzene rings is 2. The molecule has 0 saturated heterocycles. The SMILES string of the molecule is COc1ccc(S(=O)(=O)N(C)CC(=O)N/N=C\c2ccccc2C(=O)O)cc1. The second-order valence-electron chi connectivity index (χ2n) is 5.62. The van der Waals surface area contributed by atoms with Gasteiger partial charge in [0.2, 0.25) is 10.0 Å². The molecule has 1 amide bonds. The van der Waals surface area contributed by atoms with Crippen LogP contribution in [0.4, 0.5) is 0 Å². The lowest BCUT2D eigenvalue weighted by molar-refractivity contribution is -0.121. The van der Waals surface area contributed by atoms with E-state index in [0.29, 0.717) is 11.3 Å². The third kappa shape index (κ3) is 5.15. The number of carboxylic acid groups (broad SMARTS) is 1. The van der Waals surface area contributed by atoms with Crippen LogP contribution in [0.1, 0.15) is 15.9 Å². The van der Waals surface area contributed by atoms with E-state index in [0.717, 1.165) is 4.31 Å². The number of nitrogens with zero attached hydrogens (tertiary/aromatic N) is 2. The Kier molecular flexibility index (Phi) is 6.85. The van der Waals surface area contributed by atoms with E-state index >= 15 is 0 Å². The second-order valence-corrected chi connectivity index (χ2v) is 7.67. The van der Waals surface area contributed by atoms with Gasteiger partial charge in [-0.25, -0.2) is 18.6 Å². The smallest absolute Gasteiger partial charge is 0.336 e. The number of methoxy groups -OCH3 is 1. The van der Waals surface area contributed by atoms with E-state index in [1.165, 1.54) is 56.8 Å². The molecular weight excluding hydrogens is 386 g/mol. The highest BCUT2D eigenvalue weighted by Gasteiger charge is 2.22. The molecule has 0 aliphatic rings. The first-order chi connectivity index (χ1) is 13.3. The second kappa shape index (κ2) is 9.11. The average Bonchev–Trinajstić information content (AvgIpc) is 2.68. The largest absolute Gasteiger partial charge is 0.497 e. The average molecular weight is 405 g/mol. The van der Waals surface area contributed by atoms with Crippen molar-refractivity contribution in [1.29, 1.82) is 0 Å².